The second kappa shape index (κ2) is 4.25. The van der Waals surface area contributed by atoms with E-state index in [2.05, 4.69) is 4.90 Å². The Hall–Kier alpha value is -0.610. The molecule has 4 nitrogen and oxygen atoms in total. The Morgan fingerprint density at radius 3 is 2.59 bits per heavy atom. The molecule has 0 aromatic carbocycles. The van der Waals surface area contributed by atoms with Crippen LogP contribution in [0, 0.1) is 0 Å². The lowest BCUT2D eigenvalue weighted by Gasteiger charge is -2.45. The molecule has 1 amide bonds. The summed E-state index contributed by atoms with van der Waals surface area (Å²) in [6.07, 6.45) is 5.29. The zero-order valence-corrected chi connectivity index (χ0v) is 10.7. The van der Waals surface area contributed by atoms with Gasteiger partial charge in [-0.3, -0.25) is 9.69 Å². The Labute approximate surface area is 103 Å². The minimum Gasteiger partial charge on any atom is -0.380 e. The van der Waals surface area contributed by atoms with Crippen LogP contribution in [0.2, 0.25) is 0 Å². The number of amides is 1. The van der Waals surface area contributed by atoms with Crippen molar-refractivity contribution in [2.75, 3.05) is 33.4 Å². The lowest BCUT2D eigenvalue weighted by molar-refractivity contribution is -0.130. The van der Waals surface area contributed by atoms with Crippen molar-refractivity contribution in [3.63, 3.8) is 0 Å². The summed E-state index contributed by atoms with van der Waals surface area (Å²) in [5.41, 5.74) is 0.188. The number of ether oxygens (including phenoxy) is 1. The maximum Gasteiger partial charge on any atom is 0.222 e. The third-order valence-corrected chi connectivity index (χ3v) is 5.04. The number of hydrogen-bond donors (Lipinski definition) is 0. The molecule has 1 unspecified atom stereocenters. The van der Waals surface area contributed by atoms with Crippen LogP contribution < -0.4 is 0 Å². The highest BCUT2D eigenvalue weighted by atomic mass is 16.5. The maximum atomic E-state index is 11.7. The van der Waals surface area contributed by atoms with E-state index in [0.717, 1.165) is 52.0 Å². The Morgan fingerprint density at radius 2 is 2.06 bits per heavy atom. The smallest absolute Gasteiger partial charge is 0.222 e. The quantitative estimate of drug-likeness (QED) is 0.679. The van der Waals surface area contributed by atoms with Gasteiger partial charge in [-0.2, -0.15) is 0 Å². The van der Waals surface area contributed by atoms with Gasteiger partial charge in [0.05, 0.1) is 6.61 Å². The predicted molar refractivity (Wildman–Crippen MR) is 64.8 cm³/mol. The first-order valence-electron chi connectivity index (χ1n) is 6.80. The summed E-state index contributed by atoms with van der Waals surface area (Å²) in [4.78, 5) is 16.3. The molecule has 3 fully saturated rings. The zero-order chi connectivity index (χ0) is 11.9. The Bertz CT molecular complexity index is 305. The SMILES string of the molecule is CN1C(=O)CCC12CCN(C1CCOC1)CC2. The fourth-order valence-corrected chi connectivity index (χ4v) is 3.64. The van der Waals surface area contributed by atoms with E-state index in [4.69, 9.17) is 4.74 Å². The van der Waals surface area contributed by atoms with E-state index >= 15 is 0 Å². The van der Waals surface area contributed by atoms with Crippen LogP contribution in [-0.4, -0.2) is 60.6 Å². The van der Waals surface area contributed by atoms with Crippen LogP contribution in [0.5, 0.6) is 0 Å². The summed E-state index contributed by atoms with van der Waals surface area (Å²) in [5, 5.41) is 0. The number of carbonyl (C=O) groups excluding carboxylic acids is 1. The molecule has 0 bridgehead atoms. The van der Waals surface area contributed by atoms with Crippen LogP contribution in [0.3, 0.4) is 0 Å². The molecule has 96 valence electrons. The molecule has 0 N–H and O–H groups in total. The number of nitrogens with zero attached hydrogens (tertiary/aromatic N) is 2. The lowest BCUT2D eigenvalue weighted by Crippen LogP contribution is -2.53. The molecule has 3 saturated heterocycles. The van der Waals surface area contributed by atoms with Gasteiger partial charge in [-0.15, -0.1) is 0 Å². The van der Waals surface area contributed by atoms with Crippen molar-refractivity contribution in [3.05, 3.63) is 0 Å². The van der Waals surface area contributed by atoms with E-state index in [1.165, 1.54) is 6.42 Å². The van der Waals surface area contributed by atoms with E-state index in [1.807, 2.05) is 11.9 Å². The van der Waals surface area contributed by atoms with Gasteiger partial charge in [0.15, 0.2) is 0 Å². The van der Waals surface area contributed by atoms with Crippen molar-refractivity contribution >= 4 is 5.91 Å². The van der Waals surface area contributed by atoms with Gasteiger partial charge in [0.1, 0.15) is 0 Å². The van der Waals surface area contributed by atoms with E-state index < -0.39 is 0 Å². The summed E-state index contributed by atoms with van der Waals surface area (Å²) in [5.74, 6) is 0.336. The highest BCUT2D eigenvalue weighted by Gasteiger charge is 2.45. The average Bonchev–Trinajstić information content (AvgIpc) is 2.96. The van der Waals surface area contributed by atoms with Crippen LogP contribution in [0.25, 0.3) is 0 Å². The molecule has 0 aromatic rings. The highest BCUT2D eigenvalue weighted by Crippen LogP contribution is 2.38. The molecule has 17 heavy (non-hydrogen) atoms. The van der Waals surface area contributed by atoms with Crippen LogP contribution in [-0.2, 0) is 9.53 Å². The van der Waals surface area contributed by atoms with Crippen molar-refractivity contribution in [1.82, 2.24) is 9.80 Å². The first-order valence-corrected chi connectivity index (χ1v) is 6.80. The third kappa shape index (κ3) is 1.87. The van der Waals surface area contributed by atoms with E-state index in [1.54, 1.807) is 0 Å². The van der Waals surface area contributed by atoms with Gasteiger partial charge in [0.25, 0.3) is 0 Å². The van der Waals surface area contributed by atoms with Gasteiger partial charge < -0.3 is 9.64 Å². The molecule has 0 radical (unpaired) electrons. The number of piperidine rings is 1. The summed E-state index contributed by atoms with van der Waals surface area (Å²) in [6.45, 7) is 4.09. The molecular weight excluding hydrogens is 216 g/mol. The molecule has 3 aliphatic heterocycles. The van der Waals surface area contributed by atoms with Crippen LogP contribution >= 0.6 is 0 Å². The molecular formula is C13H22N2O2. The molecule has 0 saturated carbocycles. The Morgan fingerprint density at radius 1 is 1.29 bits per heavy atom. The molecule has 3 heterocycles. The second-order valence-electron chi connectivity index (χ2n) is 5.73. The number of hydrogen-bond acceptors (Lipinski definition) is 3. The number of carbonyl (C=O) groups is 1. The number of rotatable bonds is 1. The largest absolute Gasteiger partial charge is 0.380 e. The molecule has 0 aromatic heterocycles. The highest BCUT2D eigenvalue weighted by molar-refractivity contribution is 5.79. The molecule has 1 atom stereocenters. The second-order valence-corrected chi connectivity index (χ2v) is 5.73. The molecule has 4 heteroatoms. The first kappa shape index (κ1) is 11.5. The summed E-state index contributed by atoms with van der Waals surface area (Å²) in [7, 11) is 1.99. The maximum absolute atomic E-state index is 11.7. The van der Waals surface area contributed by atoms with Crippen LogP contribution in [0.4, 0.5) is 0 Å². The van der Waals surface area contributed by atoms with Crippen LogP contribution in [0.15, 0.2) is 0 Å². The van der Waals surface area contributed by atoms with Crippen molar-refractivity contribution in [2.24, 2.45) is 0 Å². The average molecular weight is 238 g/mol. The molecule has 1 spiro atoms. The Kier molecular flexibility index (Phi) is 2.87. The zero-order valence-electron chi connectivity index (χ0n) is 10.7. The molecule has 3 aliphatic rings. The number of likely N-dealkylation sites (tertiary alicyclic amines) is 2. The topological polar surface area (TPSA) is 32.8 Å². The summed E-state index contributed by atoms with van der Waals surface area (Å²) >= 11 is 0. The fraction of sp³-hybridized carbons (Fsp3) is 0.923. The Balaban J connectivity index is 1.62. The summed E-state index contributed by atoms with van der Waals surface area (Å²) in [6, 6.07) is 0.634. The van der Waals surface area contributed by atoms with Gasteiger partial charge >= 0.3 is 0 Å². The fourth-order valence-electron chi connectivity index (χ4n) is 3.64. The van der Waals surface area contributed by atoms with Crippen LogP contribution in [0.1, 0.15) is 32.1 Å². The normalized spacial score (nSPS) is 33.8. The first-order chi connectivity index (χ1) is 8.21. The van der Waals surface area contributed by atoms with Gasteiger partial charge in [0.2, 0.25) is 5.91 Å². The van der Waals surface area contributed by atoms with Crippen molar-refractivity contribution in [1.29, 1.82) is 0 Å². The van der Waals surface area contributed by atoms with Gasteiger partial charge in [-0.1, -0.05) is 0 Å². The van der Waals surface area contributed by atoms with Gasteiger partial charge in [-0.05, 0) is 25.7 Å². The molecule has 3 rings (SSSR count). The minimum absolute atomic E-state index is 0.188. The standard InChI is InChI=1S/C13H22N2O2/c1-14-12(16)2-4-13(14)5-7-15(8-6-13)11-3-9-17-10-11/h11H,2-10H2,1H3. The monoisotopic (exact) mass is 238 g/mol. The van der Waals surface area contributed by atoms with Crippen molar-refractivity contribution in [3.8, 4) is 0 Å². The molecule has 0 aliphatic carbocycles. The third-order valence-electron chi connectivity index (χ3n) is 5.04. The van der Waals surface area contributed by atoms with Crippen molar-refractivity contribution < 1.29 is 9.53 Å². The lowest BCUT2D eigenvalue weighted by atomic mass is 9.84. The van der Waals surface area contributed by atoms with E-state index in [9.17, 15) is 4.79 Å². The predicted octanol–water partition coefficient (Wildman–Crippen LogP) is 0.862. The summed E-state index contributed by atoms with van der Waals surface area (Å²) < 4.78 is 5.46. The minimum atomic E-state index is 0.188. The van der Waals surface area contributed by atoms with Gasteiger partial charge in [-0.25, -0.2) is 0 Å². The van der Waals surface area contributed by atoms with E-state index in [0.29, 0.717) is 11.9 Å². The van der Waals surface area contributed by atoms with Gasteiger partial charge in [0, 0.05) is 44.7 Å². The van der Waals surface area contributed by atoms with Crippen molar-refractivity contribution in [2.45, 2.75) is 43.7 Å². The van der Waals surface area contributed by atoms with E-state index in [-0.39, 0.29) is 5.54 Å².